The standard InChI is InChI=1S/C5H9NS.2CH4/c1-4-3-7-5(1)2-6-4;;/h4-6H,1-3H2;2*1H4/t4-,5-;;/m1../s1. The molecule has 0 aromatic rings. The Morgan fingerprint density at radius 3 is 2.22 bits per heavy atom. The minimum Gasteiger partial charge on any atom is -0.312 e. The Morgan fingerprint density at radius 2 is 2.11 bits per heavy atom. The summed E-state index contributed by atoms with van der Waals surface area (Å²) in [6.45, 7) is 1.27. The molecule has 2 bridgehead atoms. The normalized spacial score (nSPS) is 37.3. The second kappa shape index (κ2) is 3.47. The molecule has 2 fully saturated rings. The highest BCUT2D eigenvalue weighted by atomic mass is 32.2. The molecule has 1 nitrogen and oxygen atoms in total. The topological polar surface area (TPSA) is 12.0 Å². The van der Waals surface area contributed by atoms with Crippen LogP contribution >= 0.6 is 11.8 Å². The van der Waals surface area contributed by atoms with Crippen LogP contribution < -0.4 is 5.32 Å². The van der Waals surface area contributed by atoms with E-state index in [1.54, 1.807) is 0 Å². The van der Waals surface area contributed by atoms with Gasteiger partial charge >= 0.3 is 0 Å². The van der Waals surface area contributed by atoms with Crippen LogP contribution in [0.25, 0.3) is 0 Å². The van der Waals surface area contributed by atoms with Crippen molar-refractivity contribution in [1.29, 1.82) is 0 Å². The van der Waals surface area contributed by atoms with Crippen molar-refractivity contribution >= 4 is 11.8 Å². The molecule has 2 rings (SSSR count). The molecule has 0 aromatic carbocycles. The van der Waals surface area contributed by atoms with Gasteiger partial charge in [-0.1, -0.05) is 14.9 Å². The van der Waals surface area contributed by atoms with Crippen molar-refractivity contribution in [2.45, 2.75) is 32.6 Å². The highest BCUT2D eigenvalue weighted by Gasteiger charge is 2.30. The van der Waals surface area contributed by atoms with Gasteiger partial charge in [0.15, 0.2) is 0 Å². The minimum atomic E-state index is 0. The summed E-state index contributed by atoms with van der Waals surface area (Å²) in [5.74, 6) is 1.37. The lowest BCUT2D eigenvalue weighted by Gasteiger charge is -2.08. The van der Waals surface area contributed by atoms with E-state index in [1.165, 1.54) is 18.7 Å². The number of nitrogens with one attached hydrogen (secondary N) is 1. The quantitative estimate of drug-likeness (QED) is 0.560. The smallest absolute Gasteiger partial charge is 0.0188 e. The molecule has 0 unspecified atom stereocenters. The summed E-state index contributed by atoms with van der Waals surface area (Å²) in [6.07, 6.45) is 1.44. The highest BCUT2D eigenvalue weighted by Crippen LogP contribution is 2.30. The van der Waals surface area contributed by atoms with Crippen molar-refractivity contribution in [3.8, 4) is 0 Å². The van der Waals surface area contributed by atoms with E-state index in [0.717, 1.165) is 11.3 Å². The summed E-state index contributed by atoms with van der Waals surface area (Å²) in [4.78, 5) is 0. The first-order chi connectivity index (χ1) is 3.45. The van der Waals surface area contributed by atoms with Crippen LogP contribution in [0, 0.1) is 0 Å². The van der Waals surface area contributed by atoms with Crippen LogP contribution in [0.3, 0.4) is 0 Å². The van der Waals surface area contributed by atoms with E-state index >= 15 is 0 Å². The van der Waals surface area contributed by atoms with Crippen molar-refractivity contribution in [2.75, 3.05) is 12.3 Å². The van der Waals surface area contributed by atoms with Gasteiger partial charge in [0.1, 0.15) is 0 Å². The Bertz CT molecular complexity index is 67.0. The van der Waals surface area contributed by atoms with Crippen LogP contribution in [-0.2, 0) is 0 Å². The molecule has 2 saturated heterocycles. The van der Waals surface area contributed by atoms with Gasteiger partial charge < -0.3 is 5.32 Å². The summed E-state index contributed by atoms with van der Waals surface area (Å²) in [5.41, 5.74) is 0. The third-order valence-electron chi connectivity index (χ3n) is 1.71. The number of hydrogen-bond donors (Lipinski definition) is 1. The van der Waals surface area contributed by atoms with Gasteiger partial charge in [0.25, 0.3) is 0 Å². The van der Waals surface area contributed by atoms with Gasteiger partial charge in [-0.25, -0.2) is 0 Å². The van der Waals surface area contributed by atoms with E-state index in [-0.39, 0.29) is 14.9 Å². The van der Waals surface area contributed by atoms with Gasteiger partial charge in [0.05, 0.1) is 0 Å². The number of rotatable bonds is 0. The van der Waals surface area contributed by atoms with E-state index < -0.39 is 0 Å². The van der Waals surface area contributed by atoms with Crippen LogP contribution in [0.2, 0.25) is 0 Å². The molecule has 0 saturated carbocycles. The Labute approximate surface area is 62.6 Å². The molecule has 0 aliphatic carbocycles. The fraction of sp³-hybridized carbons (Fsp3) is 1.00. The summed E-state index contributed by atoms with van der Waals surface area (Å²) in [7, 11) is 0. The summed E-state index contributed by atoms with van der Waals surface area (Å²) < 4.78 is 0. The lowest BCUT2D eigenvalue weighted by molar-refractivity contribution is 0.679. The maximum absolute atomic E-state index is 3.44. The van der Waals surface area contributed by atoms with Crippen LogP contribution in [0.15, 0.2) is 0 Å². The average molecular weight is 147 g/mol. The first kappa shape index (κ1) is 9.31. The van der Waals surface area contributed by atoms with Gasteiger partial charge in [0.2, 0.25) is 0 Å². The Balaban J connectivity index is 0.000000320. The predicted molar refractivity (Wildman–Crippen MR) is 46.1 cm³/mol. The maximum Gasteiger partial charge on any atom is 0.0188 e. The van der Waals surface area contributed by atoms with Crippen molar-refractivity contribution in [1.82, 2.24) is 5.32 Å². The van der Waals surface area contributed by atoms with E-state index in [9.17, 15) is 0 Å². The van der Waals surface area contributed by atoms with Gasteiger partial charge in [-0.15, -0.1) is 0 Å². The minimum absolute atomic E-state index is 0. The van der Waals surface area contributed by atoms with Crippen molar-refractivity contribution in [3.05, 3.63) is 0 Å². The Kier molecular flexibility index (Phi) is 3.59. The molecule has 9 heavy (non-hydrogen) atoms. The summed E-state index contributed by atoms with van der Waals surface area (Å²) in [5, 5.41) is 4.41. The molecular formula is C7H17NS. The van der Waals surface area contributed by atoms with Crippen LogP contribution in [0.4, 0.5) is 0 Å². The Morgan fingerprint density at radius 1 is 1.33 bits per heavy atom. The maximum atomic E-state index is 3.44. The zero-order chi connectivity index (χ0) is 4.69. The molecule has 0 spiro atoms. The third-order valence-corrected chi connectivity index (χ3v) is 3.14. The first-order valence-corrected chi connectivity index (χ1v) is 3.85. The molecule has 1 N–H and O–H groups in total. The molecule has 2 aliphatic heterocycles. The number of fused-ring (bicyclic) bond motifs is 2. The molecule has 0 aromatic heterocycles. The largest absolute Gasteiger partial charge is 0.312 e. The molecule has 2 heteroatoms. The lowest BCUT2D eigenvalue weighted by Crippen LogP contribution is -2.26. The van der Waals surface area contributed by atoms with Crippen molar-refractivity contribution < 1.29 is 0 Å². The molecule has 2 aliphatic rings. The molecule has 2 atom stereocenters. The number of thioether (sulfide) groups is 1. The SMILES string of the molecule is C.C.C1S[C@H]2CN[C@@H]1C2. The molecule has 56 valence electrons. The van der Waals surface area contributed by atoms with Gasteiger partial charge in [-0.05, 0) is 6.42 Å². The second-order valence-corrected chi connectivity index (χ2v) is 3.63. The van der Waals surface area contributed by atoms with E-state index in [0.29, 0.717) is 0 Å². The zero-order valence-electron chi connectivity index (χ0n) is 4.18. The zero-order valence-corrected chi connectivity index (χ0v) is 5.00. The fourth-order valence-electron chi connectivity index (χ4n) is 1.29. The molecule has 2 heterocycles. The molecule has 0 amide bonds. The third kappa shape index (κ3) is 1.62. The first-order valence-electron chi connectivity index (χ1n) is 2.80. The van der Waals surface area contributed by atoms with E-state index in [2.05, 4.69) is 17.1 Å². The monoisotopic (exact) mass is 147 g/mol. The Hall–Kier alpha value is 0.310. The van der Waals surface area contributed by atoms with Gasteiger partial charge in [-0.3, -0.25) is 0 Å². The fourth-order valence-corrected chi connectivity index (χ4v) is 2.63. The van der Waals surface area contributed by atoms with Crippen LogP contribution in [-0.4, -0.2) is 23.6 Å². The summed E-state index contributed by atoms with van der Waals surface area (Å²) in [6, 6.07) is 0.884. The molecule has 0 radical (unpaired) electrons. The predicted octanol–water partition coefficient (Wildman–Crippen LogP) is 1.74. The average Bonchev–Trinajstić information content (AvgIpc) is 2.22. The summed E-state index contributed by atoms with van der Waals surface area (Å²) >= 11 is 2.13. The van der Waals surface area contributed by atoms with Gasteiger partial charge in [-0.2, -0.15) is 11.8 Å². The second-order valence-electron chi connectivity index (χ2n) is 2.30. The van der Waals surface area contributed by atoms with Crippen molar-refractivity contribution in [3.63, 3.8) is 0 Å². The highest BCUT2D eigenvalue weighted by molar-refractivity contribution is 8.00. The number of hydrogen-bond acceptors (Lipinski definition) is 2. The van der Waals surface area contributed by atoms with Crippen LogP contribution in [0.1, 0.15) is 21.3 Å². The molecular weight excluding hydrogens is 130 g/mol. The van der Waals surface area contributed by atoms with E-state index in [1.807, 2.05) is 0 Å². The van der Waals surface area contributed by atoms with Gasteiger partial charge in [0, 0.05) is 23.6 Å². The van der Waals surface area contributed by atoms with Crippen molar-refractivity contribution in [2.24, 2.45) is 0 Å². The van der Waals surface area contributed by atoms with Crippen LogP contribution in [0.5, 0.6) is 0 Å². The lowest BCUT2D eigenvalue weighted by atomic mass is 10.3. The van der Waals surface area contributed by atoms with E-state index in [4.69, 9.17) is 0 Å².